The monoisotopic (exact) mass is 509 g/mol. The largest absolute Gasteiger partial charge is 0.369 e. The second kappa shape index (κ2) is 9.75. The first-order valence-electron chi connectivity index (χ1n) is 11.6. The average Bonchev–Trinajstić information content (AvgIpc) is 3.26. The van der Waals surface area contributed by atoms with Crippen molar-refractivity contribution in [2.75, 3.05) is 54.0 Å². The minimum absolute atomic E-state index is 0.242. The molecule has 5 rings (SSSR count). The van der Waals surface area contributed by atoms with E-state index in [-0.39, 0.29) is 6.54 Å². The maximum Gasteiger partial charge on any atom is 0.232 e. The molecular weight excluding hydrogens is 481 g/mol. The molecule has 11 heteroatoms. The molecule has 36 heavy (non-hydrogen) atoms. The van der Waals surface area contributed by atoms with E-state index in [0.717, 1.165) is 47.8 Å². The Morgan fingerprint density at radius 3 is 2.58 bits per heavy atom. The van der Waals surface area contributed by atoms with E-state index in [1.54, 1.807) is 6.20 Å². The number of nitrogens with one attached hydrogen (secondary N) is 2. The normalized spacial score (nSPS) is 14.2. The van der Waals surface area contributed by atoms with Crippen LogP contribution in [0.1, 0.15) is 5.56 Å². The quantitative estimate of drug-likeness (QED) is 0.395. The first-order valence-corrected chi connectivity index (χ1v) is 13.5. The molecule has 0 saturated carbocycles. The number of aromatic nitrogens is 3. The van der Waals surface area contributed by atoms with Crippen LogP contribution in [0.2, 0.25) is 0 Å². The van der Waals surface area contributed by atoms with Crippen LogP contribution in [0.4, 0.5) is 27.4 Å². The highest BCUT2D eigenvalue weighted by atomic mass is 32.2. The van der Waals surface area contributed by atoms with Gasteiger partial charge in [-0.3, -0.25) is 4.31 Å². The van der Waals surface area contributed by atoms with Crippen LogP contribution in [0.5, 0.6) is 0 Å². The molecule has 0 atom stereocenters. The van der Waals surface area contributed by atoms with Crippen molar-refractivity contribution < 1.29 is 12.8 Å². The lowest BCUT2D eigenvalue weighted by Gasteiger charge is -2.29. The number of halogens is 1. The van der Waals surface area contributed by atoms with Crippen molar-refractivity contribution in [3.63, 3.8) is 0 Å². The maximum atomic E-state index is 14.1. The molecule has 1 aliphatic heterocycles. The van der Waals surface area contributed by atoms with Gasteiger partial charge < -0.3 is 20.1 Å². The third-order valence-electron chi connectivity index (χ3n) is 6.33. The summed E-state index contributed by atoms with van der Waals surface area (Å²) in [6.45, 7) is 4.17. The van der Waals surface area contributed by atoms with Crippen molar-refractivity contribution >= 4 is 44.1 Å². The molecule has 2 aromatic carbocycles. The summed E-state index contributed by atoms with van der Waals surface area (Å²) in [4.78, 5) is 11.5. The molecule has 2 aromatic heterocycles. The van der Waals surface area contributed by atoms with Gasteiger partial charge in [-0.25, -0.2) is 17.8 Å². The van der Waals surface area contributed by atoms with Crippen molar-refractivity contribution in [3.05, 3.63) is 72.3 Å². The number of hydrogen-bond acceptors (Lipinski definition) is 7. The minimum atomic E-state index is -3.50. The Morgan fingerprint density at radius 1 is 1.11 bits per heavy atom. The van der Waals surface area contributed by atoms with Crippen LogP contribution in [0.3, 0.4) is 0 Å². The third-order valence-corrected chi connectivity index (χ3v) is 7.52. The number of benzene rings is 2. The Kier molecular flexibility index (Phi) is 6.50. The Morgan fingerprint density at radius 2 is 1.86 bits per heavy atom. The molecule has 3 heterocycles. The topological polar surface area (TPSA) is 95.4 Å². The highest BCUT2D eigenvalue weighted by molar-refractivity contribution is 7.92. The molecule has 0 amide bonds. The third kappa shape index (κ3) is 5.12. The molecule has 2 N–H and O–H groups in total. The summed E-state index contributed by atoms with van der Waals surface area (Å²) in [5.41, 5.74) is 3.64. The lowest BCUT2D eigenvalue weighted by atomic mass is 10.1. The zero-order valence-corrected chi connectivity index (χ0v) is 21.0. The Hall–Kier alpha value is -3.70. The van der Waals surface area contributed by atoms with Gasteiger partial charge in [-0.2, -0.15) is 4.98 Å². The SMILES string of the molecule is CN(c1ccc(F)cc1Cn1ccc2cnc(Nc3ccc(N4CCNCC4)cc3)nc21)S(C)(=O)=O. The van der Waals surface area contributed by atoms with Gasteiger partial charge >= 0.3 is 0 Å². The predicted molar refractivity (Wildman–Crippen MR) is 141 cm³/mol. The van der Waals surface area contributed by atoms with Crippen LogP contribution in [-0.4, -0.2) is 62.4 Å². The lowest BCUT2D eigenvalue weighted by molar-refractivity contribution is 0.589. The van der Waals surface area contributed by atoms with Crippen LogP contribution < -0.4 is 19.8 Å². The number of rotatable bonds is 7. The summed E-state index contributed by atoms with van der Waals surface area (Å²) in [5.74, 6) is -0.00144. The van der Waals surface area contributed by atoms with E-state index in [4.69, 9.17) is 0 Å². The van der Waals surface area contributed by atoms with Gasteiger partial charge in [0.05, 0.1) is 18.5 Å². The number of nitrogens with zero attached hydrogens (tertiary/aromatic N) is 5. The Balaban J connectivity index is 1.39. The van der Waals surface area contributed by atoms with Gasteiger partial charge in [0.1, 0.15) is 11.5 Å². The zero-order chi connectivity index (χ0) is 25.3. The van der Waals surface area contributed by atoms with Crippen LogP contribution in [-0.2, 0) is 16.6 Å². The Labute approximate surface area is 209 Å². The molecule has 4 aromatic rings. The van der Waals surface area contributed by atoms with E-state index < -0.39 is 15.8 Å². The number of fused-ring (bicyclic) bond motifs is 1. The second-order valence-electron chi connectivity index (χ2n) is 8.83. The standard InChI is InChI=1S/C25H28FN7O2S/c1-31(36(2,34)35)23-8-3-20(26)15-19(23)17-33-12-9-18-16-28-25(30-24(18)33)29-21-4-6-22(7-5-21)32-13-10-27-11-14-32/h3-9,12,15-16,27H,10-11,13-14,17H2,1-2H3,(H,28,29,30). The molecule has 1 saturated heterocycles. The van der Waals surface area contributed by atoms with E-state index in [2.05, 4.69) is 37.6 Å². The smallest absolute Gasteiger partial charge is 0.232 e. The summed E-state index contributed by atoms with van der Waals surface area (Å²) < 4.78 is 41.3. The first kappa shape index (κ1) is 24.0. The predicted octanol–water partition coefficient (Wildman–Crippen LogP) is 3.17. The average molecular weight is 510 g/mol. The summed E-state index contributed by atoms with van der Waals surface area (Å²) in [6.07, 6.45) is 4.68. The van der Waals surface area contributed by atoms with Gasteiger partial charge in [-0.15, -0.1) is 0 Å². The number of sulfonamides is 1. The molecular formula is C25H28FN7O2S. The van der Waals surface area contributed by atoms with E-state index in [1.807, 2.05) is 29.0 Å². The van der Waals surface area contributed by atoms with Gasteiger partial charge in [0.15, 0.2) is 0 Å². The molecule has 1 fully saturated rings. The van der Waals surface area contributed by atoms with Crippen molar-refractivity contribution in [2.45, 2.75) is 6.54 Å². The number of piperazine rings is 1. The molecule has 0 unspecified atom stereocenters. The van der Waals surface area contributed by atoms with E-state index in [0.29, 0.717) is 22.8 Å². The van der Waals surface area contributed by atoms with Crippen molar-refractivity contribution in [2.24, 2.45) is 0 Å². The minimum Gasteiger partial charge on any atom is -0.369 e. The van der Waals surface area contributed by atoms with Crippen LogP contribution >= 0.6 is 0 Å². The molecule has 9 nitrogen and oxygen atoms in total. The maximum absolute atomic E-state index is 14.1. The summed E-state index contributed by atoms with van der Waals surface area (Å²) in [5, 5.41) is 7.43. The van der Waals surface area contributed by atoms with Crippen molar-refractivity contribution in [3.8, 4) is 0 Å². The molecule has 0 bridgehead atoms. The molecule has 0 aliphatic carbocycles. The summed E-state index contributed by atoms with van der Waals surface area (Å²) in [6, 6.07) is 14.1. The number of hydrogen-bond donors (Lipinski definition) is 2. The fourth-order valence-corrected chi connectivity index (χ4v) is 4.85. The lowest BCUT2D eigenvalue weighted by Crippen LogP contribution is -2.43. The fourth-order valence-electron chi connectivity index (χ4n) is 4.32. The van der Waals surface area contributed by atoms with Crippen molar-refractivity contribution in [1.82, 2.24) is 19.9 Å². The fraction of sp³-hybridized carbons (Fsp3) is 0.280. The van der Waals surface area contributed by atoms with Crippen LogP contribution in [0.15, 0.2) is 60.9 Å². The second-order valence-corrected chi connectivity index (χ2v) is 10.8. The molecule has 188 valence electrons. The highest BCUT2D eigenvalue weighted by Gasteiger charge is 2.18. The van der Waals surface area contributed by atoms with Gasteiger partial charge in [0.2, 0.25) is 16.0 Å². The summed E-state index contributed by atoms with van der Waals surface area (Å²) >= 11 is 0. The van der Waals surface area contributed by atoms with E-state index in [9.17, 15) is 12.8 Å². The van der Waals surface area contributed by atoms with E-state index in [1.165, 1.54) is 30.9 Å². The van der Waals surface area contributed by atoms with Gasteiger partial charge in [-0.1, -0.05) is 0 Å². The summed E-state index contributed by atoms with van der Waals surface area (Å²) in [7, 11) is -2.05. The van der Waals surface area contributed by atoms with Crippen molar-refractivity contribution in [1.29, 1.82) is 0 Å². The highest BCUT2D eigenvalue weighted by Crippen LogP contribution is 2.26. The molecule has 0 radical (unpaired) electrons. The van der Waals surface area contributed by atoms with Gasteiger partial charge in [0.25, 0.3) is 0 Å². The van der Waals surface area contributed by atoms with Gasteiger partial charge in [-0.05, 0) is 54.1 Å². The van der Waals surface area contributed by atoms with Crippen LogP contribution in [0.25, 0.3) is 11.0 Å². The Bertz CT molecular complexity index is 1480. The molecule has 1 aliphatic rings. The van der Waals surface area contributed by atoms with Gasteiger partial charge in [0, 0.05) is 62.4 Å². The first-order chi connectivity index (χ1) is 17.3. The zero-order valence-electron chi connectivity index (χ0n) is 20.1. The van der Waals surface area contributed by atoms with E-state index >= 15 is 0 Å². The number of anilines is 4. The molecule has 0 spiro atoms. The van der Waals surface area contributed by atoms with Crippen LogP contribution in [0, 0.1) is 5.82 Å².